The lowest BCUT2D eigenvalue weighted by molar-refractivity contribution is 0.0526. The molecule has 4 rings (SSSR count). The van der Waals surface area contributed by atoms with Gasteiger partial charge in [0.15, 0.2) is 0 Å². The van der Waals surface area contributed by atoms with Crippen LogP contribution in [0.3, 0.4) is 0 Å². The number of esters is 1. The van der Waals surface area contributed by atoms with Crippen LogP contribution in [0.4, 0.5) is 0 Å². The Morgan fingerprint density at radius 3 is 2.46 bits per heavy atom. The molecule has 0 unspecified atom stereocenters. The molecule has 26 heavy (non-hydrogen) atoms. The first-order chi connectivity index (χ1) is 12.7. The summed E-state index contributed by atoms with van der Waals surface area (Å²) in [7, 11) is 0. The Morgan fingerprint density at radius 2 is 1.69 bits per heavy atom. The number of carbonyl (C=O) groups excluding carboxylic acids is 1. The predicted molar refractivity (Wildman–Crippen MR) is 101 cm³/mol. The SMILES string of the molecule is CCOC(=O)c1ccc2oc(=O)c3cc(-c4ccccc4)ccc3c2c1. The molecule has 0 spiro atoms. The van der Waals surface area contributed by atoms with Crippen LogP contribution in [0.1, 0.15) is 17.3 Å². The fourth-order valence-corrected chi connectivity index (χ4v) is 3.08. The minimum Gasteiger partial charge on any atom is -0.462 e. The van der Waals surface area contributed by atoms with Gasteiger partial charge in [-0.25, -0.2) is 9.59 Å². The van der Waals surface area contributed by atoms with Crippen molar-refractivity contribution in [2.45, 2.75) is 6.92 Å². The molecule has 0 fully saturated rings. The van der Waals surface area contributed by atoms with Crippen LogP contribution in [-0.2, 0) is 4.74 Å². The second-order valence-electron chi connectivity index (χ2n) is 5.95. The summed E-state index contributed by atoms with van der Waals surface area (Å²) in [6, 6.07) is 20.5. The predicted octanol–water partition coefficient (Wildman–Crippen LogP) is 4.79. The Bertz CT molecular complexity index is 1170. The van der Waals surface area contributed by atoms with E-state index in [-0.39, 0.29) is 0 Å². The van der Waals surface area contributed by atoms with Crippen LogP contribution < -0.4 is 5.63 Å². The molecule has 128 valence electrons. The molecular weight excluding hydrogens is 328 g/mol. The van der Waals surface area contributed by atoms with E-state index in [9.17, 15) is 9.59 Å². The van der Waals surface area contributed by atoms with Crippen molar-refractivity contribution < 1.29 is 13.9 Å². The molecule has 0 amide bonds. The van der Waals surface area contributed by atoms with Crippen molar-refractivity contribution in [3.8, 4) is 11.1 Å². The number of carbonyl (C=O) groups is 1. The van der Waals surface area contributed by atoms with Crippen LogP contribution >= 0.6 is 0 Å². The molecule has 0 atom stereocenters. The number of ether oxygens (including phenoxy) is 1. The summed E-state index contributed by atoms with van der Waals surface area (Å²) in [5.74, 6) is -0.394. The molecule has 0 aliphatic rings. The molecule has 0 bridgehead atoms. The molecule has 0 radical (unpaired) electrons. The molecule has 0 N–H and O–H groups in total. The highest BCUT2D eigenvalue weighted by atomic mass is 16.5. The van der Waals surface area contributed by atoms with Crippen molar-refractivity contribution in [1.29, 1.82) is 0 Å². The molecule has 3 aromatic carbocycles. The number of benzene rings is 3. The van der Waals surface area contributed by atoms with E-state index in [1.54, 1.807) is 25.1 Å². The van der Waals surface area contributed by atoms with Gasteiger partial charge in [-0.3, -0.25) is 0 Å². The van der Waals surface area contributed by atoms with Crippen molar-refractivity contribution in [1.82, 2.24) is 0 Å². The second-order valence-corrected chi connectivity index (χ2v) is 5.95. The molecule has 1 aromatic heterocycles. The minimum absolute atomic E-state index is 0.307. The summed E-state index contributed by atoms with van der Waals surface area (Å²) in [4.78, 5) is 24.5. The first-order valence-electron chi connectivity index (χ1n) is 8.40. The van der Waals surface area contributed by atoms with Crippen LogP contribution in [0.15, 0.2) is 75.9 Å². The van der Waals surface area contributed by atoms with Gasteiger partial charge in [0.2, 0.25) is 0 Å². The molecule has 4 nitrogen and oxygen atoms in total. The van der Waals surface area contributed by atoms with Gasteiger partial charge >= 0.3 is 11.6 Å². The van der Waals surface area contributed by atoms with E-state index in [0.717, 1.165) is 16.5 Å². The summed E-state index contributed by atoms with van der Waals surface area (Å²) in [6.45, 7) is 2.07. The number of hydrogen-bond donors (Lipinski definition) is 0. The van der Waals surface area contributed by atoms with Gasteiger partial charge in [-0.1, -0.05) is 42.5 Å². The number of hydrogen-bond acceptors (Lipinski definition) is 4. The third kappa shape index (κ3) is 2.75. The van der Waals surface area contributed by atoms with Gasteiger partial charge in [-0.05, 0) is 47.7 Å². The van der Waals surface area contributed by atoms with Crippen molar-refractivity contribution in [2.75, 3.05) is 6.61 Å². The van der Waals surface area contributed by atoms with Crippen LogP contribution in [0.5, 0.6) is 0 Å². The highest BCUT2D eigenvalue weighted by Gasteiger charge is 2.13. The van der Waals surface area contributed by atoms with Gasteiger partial charge in [-0.2, -0.15) is 0 Å². The summed E-state index contributed by atoms with van der Waals surface area (Å²) in [5.41, 5.74) is 2.44. The van der Waals surface area contributed by atoms with Crippen LogP contribution in [0, 0.1) is 0 Å². The van der Waals surface area contributed by atoms with E-state index in [1.165, 1.54) is 0 Å². The van der Waals surface area contributed by atoms with E-state index >= 15 is 0 Å². The van der Waals surface area contributed by atoms with E-state index in [0.29, 0.717) is 28.5 Å². The third-order valence-electron chi connectivity index (χ3n) is 4.33. The fourth-order valence-electron chi connectivity index (χ4n) is 3.08. The minimum atomic E-state index is -0.394. The third-order valence-corrected chi connectivity index (χ3v) is 4.33. The normalized spacial score (nSPS) is 11.0. The maximum absolute atomic E-state index is 12.4. The lowest BCUT2D eigenvalue weighted by Gasteiger charge is -2.07. The van der Waals surface area contributed by atoms with Gasteiger partial charge in [0.05, 0.1) is 17.6 Å². The Labute approximate surface area is 149 Å². The van der Waals surface area contributed by atoms with Crippen molar-refractivity contribution in [3.05, 3.63) is 82.7 Å². The number of rotatable bonds is 3. The molecule has 0 saturated carbocycles. The van der Waals surface area contributed by atoms with Crippen LogP contribution in [-0.4, -0.2) is 12.6 Å². The monoisotopic (exact) mass is 344 g/mol. The average molecular weight is 344 g/mol. The van der Waals surface area contributed by atoms with E-state index in [2.05, 4.69) is 0 Å². The summed E-state index contributed by atoms with van der Waals surface area (Å²) in [5, 5.41) is 1.95. The topological polar surface area (TPSA) is 56.5 Å². The molecule has 0 aliphatic carbocycles. The Kier molecular flexibility index (Phi) is 4.01. The highest BCUT2D eigenvalue weighted by molar-refractivity contribution is 6.07. The van der Waals surface area contributed by atoms with Crippen molar-refractivity contribution >= 4 is 27.7 Å². The Morgan fingerprint density at radius 1 is 0.885 bits per heavy atom. The Hall–Kier alpha value is -3.40. The maximum Gasteiger partial charge on any atom is 0.344 e. The zero-order valence-electron chi connectivity index (χ0n) is 14.2. The van der Waals surface area contributed by atoms with Gasteiger partial charge < -0.3 is 9.15 Å². The largest absolute Gasteiger partial charge is 0.462 e. The zero-order chi connectivity index (χ0) is 18.1. The lowest BCUT2D eigenvalue weighted by Crippen LogP contribution is -2.05. The molecule has 4 aromatic rings. The molecule has 0 aliphatic heterocycles. The van der Waals surface area contributed by atoms with E-state index in [4.69, 9.17) is 9.15 Å². The van der Waals surface area contributed by atoms with Crippen molar-refractivity contribution in [2.24, 2.45) is 0 Å². The van der Waals surface area contributed by atoms with Crippen LogP contribution in [0.25, 0.3) is 32.9 Å². The molecule has 0 saturated heterocycles. The van der Waals surface area contributed by atoms with Gasteiger partial charge in [0, 0.05) is 5.39 Å². The smallest absolute Gasteiger partial charge is 0.344 e. The first kappa shape index (κ1) is 16.1. The molecule has 4 heteroatoms. The van der Waals surface area contributed by atoms with Gasteiger partial charge in [0.25, 0.3) is 0 Å². The standard InChI is InChI=1S/C22H16O4/c1-2-25-21(23)16-9-11-20-18(13-16)17-10-8-15(12-19(17)22(24)26-20)14-6-4-3-5-7-14/h3-13H,2H2,1H3. The Balaban J connectivity index is 1.95. The number of fused-ring (bicyclic) bond motifs is 3. The van der Waals surface area contributed by atoms with Gasteiger partial charge in [-0.15, -0.1) is 0 Å². The zero-order valence-corrected chi connectivity index (χ0v) is 14.2. The van der Waals surface area contributed by atoms with Gasteiger partial charge in [0.1, 0.15) is 5.58 Å². The fraction of sp³-hybridized carbons (Fsp3) is 0.0909. The van der Waals surface area contributed by atoms with Crippen molar-refractivity contribution in [3.63, 3.8) is 0 Å². The molecular formula is C22H16O4. The van der Waals surface area contributed by atoms with E-state index < -0.39 is 11.6 Å². The van der Waals surface area contributed by atoms with E-state index in [1.807, 2.05) is 48.5 Å². The first-order valence-corrected chi connectivity index (χ1v) is 8.40. The molecule has 1 heterocycles. The quantitative estimate of drug-likeness (QED) is 0.305. The average Bonchev–Trinajstić information content (AvgIpc) is 2.68. The second kappa shape index (κ2) is 6.48. The summed E-state index contributed by atoms with van der Waals surface area (Å²) < 4.78 is 10.5. The highest BCUT2D eigenvalue weighted by Crippen LogP contribution is 2.28. The summed E-state index contributed by atoms with van der Waals surface area (Å²) >= 11 is 0. The van der Waals surface area contributed by atoms with Crippen LogP contribution in [0.2, 0.25) is 0 Å². The lowest BCUT2D eigenvalue weighted by atomic mass is 10.00. The summed E-state index contributed by atoms with van der Waals surface area (Å²) in [6.07, 6.45) is 0. The maximum atomic E-state index is 12.4.